The number of aromatic nitrogens is 2. The van der Waals surface area contributed by atoms with Gasteiger partial charge in [-0.05, 0) is 24.8 Å². The summed E-state index contributed by atoms with van der Waals surface area (Å²) in [4.78, 5) is 14.9. The van der Waals surface area contributed by atoms with Crippen molar-refractivity contribution in [1.29, 1.82) is 0 Å². The third kappa shape index (κ3) is 1.78. The number of nitrogens with zero attached hydrogens (tertiary/aromatic N) is 2. The van der Waals surface area contributed by atoms with Gasteiger partial charge < -0.3 is 4.57 Å². The molecular formula is C14H14N2O. The minimum Gasteiger partial charge on any atom is -0.327 e. The van der Waals surface area contributed by atoms with Crippen molar-refractivity contribution in [1.82, 2.24) is 9.55 Å². The van der Waals surface area contributed by atoms with Crippen LogP contribution in [0.4, 0.5) is 0 Å². The Morgan fingerprint density at radius 3 is 2.88 bits per heavy atom. The summed E-state index contributed by atoms with van der Waals surface area (Å²) in [5.74, 6) is 0. The molecular weight excluding hydrogens is 212 g/mol. The smallest absolute Gasteiger partial charge is 0.150 e. The second-order valence-electron chi connectivity index (χ2n) is 4.48. The minimum atomic E-state index is 0.377. The lowest BCUT2D eigenvalue weighted by molar-refractivity contribution is 0.112. The Bertz CT molecular complexity index is 527. The van der Waals surface area contributed by atoms with E-state index in [0.717, 1.165) is 24.7 Å². The summed E-state index contributed by atoms with van der Waals surface area (Å²) in [5.41, 5.74) is 3.30. The Labute approximate surface area is 100 Å². The number of imidazole rings is 1. The van der Waals surface area contributed by atoms with E-state index in [1.54, 1.807) is 0 Å². The second-order valence-corrected chi connectivity index (χ2v) is 4.48. The number of aldehydes is 1. The van der Waals surface area contributed by atoms with Crippen LogP contribution in [-0.2, 0) is 6.42 Å². The van der Waals surface area contributed by atoms with Gasteiger partial charge in [0.2, 0.25) is 0 Å². The van der Waals surface area contributed by atoms with Crippen molar-refractivity contribution < 1.29 is 4.79 Å². The molecule has 0 aliphatic carbocycles. The van der Waals surface area contributed by atoms with Crippen molar-refractivity contribution >= 4 is 6.29 Å². The van der Waals surface area contributed by atoms with Crippen molar-refractivity contribution in [3.8, 4) is 0 Å². The fourth-order valence-electron chi connectivity index (χ4n) is 2.55. The highest BCUT2D eigenvalue weighted by molar-refractivity contribution is 5.74. The highest BCUT2D eigenvalue weighted by Crippen LogP contribution is 2.30. The molecule has 3 rings (SSSR count). The third-order valence-electron chi connectivity index (χ3n) is 3.45. The molecule has 2 heterocycles. The first kappa shape index (κ1) is 10.3. The van der Waals surface area contributed by atoms with Crippen LogP contribution in [0.1, 0.15) is 40.5 Å². The lowest BCUT2D eigenvalue weighted by atomic mass is 9.96. The molecule has 1 aromatic heterocycles. The van der Waals surface area contributed by atoms with Crippen molar-refractivity contribution in [3.05, 3.63) is 53.6 Å². The zero-order chi connectivity index (χ0) is 11.7. The van der Waals surface area contributed by atoms with E-state index in [0.29, 0.717) is 6.04 Å². The van der Waals surface area contributed by atoms with Gasteiger partial charge in [0.05, 0.1) is 12.4 Å². The zero-order valence-corrected chi connectivity index (χ0v) is 9.54. The van der Waals surface area contributed by atoms with Crippen LogP contribution in [0, 0.1) is 0 Å². The maximum atomic E-state index is 10.6. The molecule has 0 N–H and O–H groups in total. The molecule has 1 aliphatic rings. The Morgan fingerprint density at radius 2 is 2.12 bits per heavy atom. The van der Waals surface area contributed by atoms with Gasteiger partial charge in [-0.2, -0.15) is 0 Å². The summed E-state index contributed by atoms with van der Waals surface area (Å²) in [6.07, 6.45) is 8.20. The molecule has 17 heavy (non-hydrogen) atoms. The van der Waals surface area contributed by atoms with E-state index in [-0.39, 0.29) is 0 Å². The lowest BCUT2D eigenvalue weighted by Gasteiger charge is -2.25. The van der Waals surface area contributed by atoms with Gasteiger partial charge >= 0.3 is 0 Å². The van der Waals surface area contributed by atoms with E-state index in [9.17, 15) is 4.79 Å². The molecule has 1 atom stereocenters. The van der Waals surface area contributed by atoms with E-state index in [1.807, 2.05) is 36.8 Å². The largest absolute Gasteiger partial charge is 0.327 e. The maximum Gasteiger partial charge on any atom is 0.150 e. The number of carbonyl (C=O) groups is 1. The fourth-order valence-corrected chi connectivity index (χ4v) is 2.55. The first-order valence-corrected chi connectivity index (χ1v) is 5.94. The first-order chi connectivity index (χ1) is 8.38. The summed E-state index contributed by atoms with van der Waals surface area (Å²) in [7, 11) is 0. The second kappa shape index (κ2) is 4.17. The van der Waals surface area contributed by atoms with Crippen molar-refractivity contribution in [3.63, 3.8) is 0 Å². The number of benzene rings is 1. The zero-order valence-electron chi connectivity index (χ0n) is 9.54. The summed E-state index contributed by atoms with van der Waals surface area (Å²) in [6.45, 7) is 0. The molecule has 0 spiro atoms. The normalized spacial score (nSPS) is 18.7. The van der Waals surface area contributed by atoms with E-state index in [2.05, 4.69) is 9.55 Å². The van der Waals surface area contributed by atoms with Gasteiger partial charge in [-0.25, -0.2) is 4.98 Å². The molecule has 0 amide bonds. The van der Waals surface area contributed by atoms with Gasteiger partial charge in [0.15, 0.2) is 0 Å². The van der Waals surface area contributed by atoms with Gasteiger partial charge in [0.25, 0.3) is 0 Å². The van der Waals surface area contributed by atoms with Gasteiger partial charge in [-0.3, -0.25) is 4.79 Å². The Morgan fingerprint density at radius 1 is 1.29 bits per heavy atom. The average Bonchev–Trinajstić information content (AvgIpc) is 2.87. The SMILES string of the molecule is O=Cc1ccc(C2CCCc3cncn32)cc1. The van der Waals surface area contributed by atoms with Crippen LogP contribution in [0.15, 0.2) is 36.8 Å². The Balaban J connectivity index is 1.97. The molecule has 3 nitrogen and oxygen atoms in total. The molecule has 0 saturated heterocycles. The van der Waals surface area contributed by atoms with Gasteiger partial charge in [0, 0.05) is 17.5 Å². The number of aryl methyl sites for hydroxylation is 1. The van der Waals surface area contributed by atoms with Crippen LogP contribution < -0.4 is 0 Å². The summed E-state index contributed by atoms with van der Waals surface area (Å²) in [5, 5.41) is 0. The number of hydrogen-bond acceptors (Lipinski definition) is 2. The molecule has 0 radical (unpaired) electrons. The molecule has 1 unspecified atom stereocenters. The van der Waals surface area contributed by atoms with E-state index in [4.69, 9.17) is 0 Å². The van der Waals surface area contributed by atoms with Crippen LogP contribution in [0.2, 0.25) is 0 Å². The van der Waals surface area contributed by atoms with Crippen LogP contribution in [0.3, 0.4) is 0 Å². The molecule has 2 aromatic rings. The molecule has 1 aliphatic heterocycles. The highest BCUT2D eigenvalue weighted by Gasteiger charge is 2.20. The van der Waals surface area contributed by atoms with Crippen molar-refractivity contribution in [2.24, 2.45) is 0 Å². The van der Waals surface area contributed by atoms with E-state index in [1.165, 1.54) is 17.7 Å². The monoisotopic (exact) mass is 226 g/mol. The maximum absolute atomic E-state index is 10.6. The molecule has 0 bridgehead atoms. The minimum absolute atomic E-state index is 0.377. The Kier molecular flexibility index (Phi) is 2.52. The van der Waals surface area contributed by atoms with Crippen molar-refractivity contribution in [2.45, 2.75) is 25.3 Å². The summed E-state index contributed by atoms with van der Waals surface area (Å²) in [6, 6.07) is 8.23. The number of fused-ring (bicyclic) bond motifs is 1. The quantitative estimate of drug-likeness (QED) is 0.738. The first-order valence-electron chi connectivity index (χ1n) is 5.94. The highest BCUT2D eigenvalue weighted by atomic mass is 16.1. The molecule has 3 heteroatoms. The van der Waals surface area contributed by atoms with Gasteiger partial charge in [-0.15, -0.1) is 0 Å². The van der Waals surface area contributed by atoms with Crippen LogP contribution in [0.25, 0.3) is 0 Å². The fraction of sp³-hybridized carbons (Fsp3) is 0.286. The van der Waals surface area contributed by atoms with Crippen LogP contribution in [-0.4, -0.2) is 15.8 Å². The standard InChI is InChI=1S/C14H14N2O/c17-9-11-4-6-12(7-5-11)14-3-1-2-13-8-15-10-16(13)14/h4-10,14H,1-3H2. The van der Waals surface area contributed by atoms with Crippen LogP contribution in [0.5, 0.6) is 0 Å². The molecule has 0 saturated carbocycles. The average molecular weight is 226 g/mol. The molecule has 1 aromatic carbocycles. The Hall–Kier alpha value is -1.90. The number of rotatable bonds is 2. The van der Waals surface area contributed by atoms with Crippen LogP contribution >= 0.6 is 0 Å². The topological polar surface area (TPSA) is 34.9 Å². The van der Waals surface area contributed by atoms with E-state index >= 15 is 0 Å². The molecule has 86 valence electrons. The predicted octanol–water partition coefficient (Wildman–Crippen LogP) is 2.62. The summed E-state index contributed by atoms with van der Waals surface area (Å²) < 4.78 is 2.25. The number of carbonyl (C=O) groups excluding carboxylic acids is 1. The molecule has 0 fully saturated rings. The predicted molar refractivity (Wildman–Crippen MR) is 65.1 cm³/mol. The number of hydrogen-bond donors (Lipinski definition) is 0. The summed E-state index contributed by atoms with van der Waals surface area (Å²) >= 11 is 0. The lowest BCUT2D eigenvalue weighted by Crippen LogP contribution is -2.17. The van der Waals surface area contributed by atoms with E-state index < -0.39 is 0 Å². The van der Waals surface area contributed by atoms with Crippen molar-refractivity contribution in [2.75, 3.05) is 0 Å². The third-order valence-corrected chi connectivity index (χ3v) is 3.45. The van der Waals surface area contributed by atoms with Gasteiger partial charge in [0.1, 0.15) is 6.29 Å². The van der Waals surface area contributed by atoms with Gasteiger partial charge in [-0.1, -0.05) is 24.3 Å².